The maximum Gasteiger partial charge on any atom is 0.433 e. The summed E-state index contributed by atoms with van der Waals surface area (Å²) in [4.78, 5) is 18.9. The summed E-state index contributed by atoms with van der Waals surface area (Å²) < 4.78 is 46.5. The summed E-state index contributed by atoms with van der Waals surface area (Å²) in [7, 11) is 0. The number of amides is 1. The Kier molecular flexibility index (Phi) is 5.03. The van der Waals surface area contributed by atoms with Crippen LogP contribution in [0.3, 0.4) is 0 Å². The van der Waals surface area contributed by atoms with Gasteiger partial charge in [-0.15, -0.1) is 0 Å². The number of hydrogen-bond donors (Lipinski definition) is 0. The highest BCUT2D eigenvalue weighted by Crippen LogP contribution is 2.34. The van der Waals surface area contributed by atoms with Crippen molar-refractivity contribution < 1.29 is 22.5 Å². The summed E-state index contributed by atoms with van der Waals surface area (Å²) in [6, 6.07) is 3.66. The van der Waals surface area contributed by atoms with Gasteiger partial charge in [-0.25, -0.2) is 9.50 Å². The van der Waals surface area contributed by atoms with Gasteiger partial charge in [-0.3, -0.25) is 4.79 Å². The zero-order chi connectivity index (χ0) is 21.6. The molecule has 1 saturated heterocycles. The highest BCUT2D eigenvalue weighted by Gasteiger charge is 2.37. The molecule has 4 rings (SSSR count). The number of aryl methyl sites for hydroxylation is 1. The Bertz CT molecular complexity index is 1090. The smallest absolute Gasteiger partial charge is 0.351 e. The molecule has 1 fully saturated rings. The quantitative estimate of drug-likeness (QED) is 0.621. The molecule has 0 N–H and O–H groups in total. The molecule has 0 unspecified atom stereocenters. The molecule has 1 aliphatic heterocycles. The lowest BCUT2D eigenvalue weighted by molar-refractivity contribution is -0.142. The van der Waals surface area contributed by atoms with E-state index < -0.39 is 17.9 Å². The molecule has 0 radical (unpaired) electrons. The van der Waals surface area contributed by atoms with Gasteiger partial charge in [0.2, 0.25) is 5.76 Å². The summed E-state index contributed by atoms with van der Waals surface area (Å²) in [5, 5.41) is 8.13. The molecular formula is C20H22F3N5O2. The van der Waals surface area contributed by atoms with Gasteiger partial charge in [-0.05, 0) is 38.2 Å². The van der Waals surface area contributed by atoms with Gasteiger partial charge >= 0.3 is 6.18 Å². The van der Waals surface area contributed by atoms with E-state index in [1.54, 1.807) is 11.0 Å². The number of alkyl halides is 3. The van der Waals surface area contributed by atoms with Crippen LogP contribution in [0, 0.1) is 6.92 Å². The number of hydrogen-bond acceptors (Lipinski definition) is 5. The lowest BCUT2D eigenvalue weighted by Crippen LogP contribution is -2.38. The van der Waals surface area contributed by atoms with Crippen molar-refractivity contribution in [2.24, 2.45) is 0 Å². The lowest BCUT2D eigenvalue weighted by atomic mass is 9.99. The van der Waals surface area contributed by atoms with Crippen molar-refractivity contribution in [2.75, 3.05) is 6.54 Å². The molecule has 0 spiro atoms. The number of likely N-dealkylation sites (tertiary alicyclic amines) is 1. The molecule has 0 aliphatic carbocycles. The third-order valence-electron chi connectivity index (χ3n) is 5.30. The van der Waals surface area contributed by atoms with Gasteiger partial charge in [0, 0.05) is 24.4 Å². The molecule has 1 atom stereocenters. The predicted molar refractivity (Wildman–Crippen MR) is 101 cm³/mol. The molecule has 1 amide bonds. The average Bonchev–Trinajstić information content (AvgIpc) is 3.33. The first-order chi connectivity index (χ1) is 14.1. The monoisotopic (exact) mass is 421 g/mol. The summed E-state index contributed by atoms with van der Waals surface area (Å²) in [5.74, 6) is -0.100. The molecule has 30 heavy (non-hydrogen) atoms. The summed E-state index contributed by atoms with van der Waals surface area (Å²) >= 11 is 0. The Balaban J connectivity index is 1.72. The Hall–Kier alpha value is -2.91. The third-order valence-corrected chi connectivity index (χ3v) is 5.30. The number of halogens is 3. The highest BCUT2D eigenvalue weighted by molar-refractivity contribution is 5.91. The Labute approximate surface area is 170 Å². The van der Waals surface area contributed by atoms with Crippen LogP contribution in [0.2, 0.25) is 0 Å². The van der Waals surface area contributed by atoms with E-state index in [0.717, 1.165) is 23.4 Å². The summed E-state index contributed by atoms with van der Waals surface area (Å²) in [5.41, 5.74) is 0.531. The zero-order valence-electron chi connectivity index (χ0n) is 16.9. The van der Waals surface area contributed by atoms with Crippen molar-refractivity contribution in [1.29, 1.82) is 0 Å². The second-order valence-corrected chi connectivity index (χ2v) is 7.90. The number of nitrogens with zero attached hydrogens (tertiary/aromatic N) is 5. The van der Waals surface area contributed by atoms with E-state index >= 15 is 0 Å². The van der Waals surface area contributed by atoms with Crippen LogP contribution in [-0.4, -0.2) is 37.1 Å². The van der Waals surface area contributed by atoms with Crippen molar-refractivity contribution in [1.82, 2.24) is 24.7 Å². The largest absolute Gasteiger partial charge is 0.433 e. The van der Waals surface area contributed by atoms with Crippen LogP contribution in [-0.2, 0) is 6.18 Å². The number of aromatic nitrogens is 4. The van der Waals surface area contributed by atoms with E-state index in [-0.39, 0.29) is 28.9 Å². The first-order valence-electron chi connectivity index (χ1n) is 9.87. The molecule has 0 aromatic carbocycles. The first kappa shape index (κ1) is 20.4. The topological polar surface area (TPSA) is 76.5 Å². The second-order valence-electron chi connectivity index (χ2n) is 7.90. The molecule has 0 saturated carbocycles. The fraction of sp³-hybridized carbons (Fsp3) is 0.500. The van der Waals surface area contributed by atoms with Gasteiger partial charge in [0.25, 0.3) is 5.91 Å². The van der Waals surface area contributed by atoms with E-state index in [1.165, 1.54) is 13.0 Å². The molecule has 10 heteroatoms. The zero-order valence-corrected chi connectivity index (χ0v) is 16.9. The average molecular weight is 421 g/mol. The van der Waals surface area contributed by atoms with Crippen molar-refractivity contribution in [3.8, 4) is 0 Å². The SMILES string of the molecule is Cc1cc(C(F)(F)F)n2nc([C@H]3CCCCN3C(=O)c3cc(C(C)C)no3)cc2n1. The van der Waals surface area contributed by atoms with Crippen molar-refractivity contribution in [3.05, 3.63) is 46.7 Å². The molecular weight excluding hydrogens is 399 g/mol. The van der Waals surface area contributed by atoms with E-state index in [1.807, 2.05) is 13.8 Å². The molecule has 1 aliphatic rings. The van der Waals surface area contributed by atoms with Gasteiger partial charge in [-0.1, -0.05) is 19.0 Å². The Morgan fingerprint density at radius 2 is 2.00 bits per heavy atom. The van der Waals surface area contributed by atoms with Gasteiger partial charge in [-0.2, -0.15) is 18.3 Å². The van der Waals surface area contributed by atoms with Crippen molar-refractivity contribution in [3.63, 3.8) is 0 Å². The van der Waals surface area contributed by atoms with Crippen LogP contribution in [0.25, 0.3) is 5.65 Å². The van der Waals surface area contributed by atoms with E-state index in [4.69, 9.17) is 4.52 Å². The van der Waals surface area contributed by atoms with Gasteiger partial charge in [0.05, 0.1) is 17.4 Å². The van der Waals surface area contributed by atoms with Crippen LogP contribution < -0.4 is 0 Å². The number of carbonyl (C=O) groups is 1. The van der Waals surface area contributed by atoms with Crippen LogP contribution in [0.5, 0.6) is 0 Å². The van der Waals surface area contributed by atoms with Gasteiger partial charge in [0.15, 0.2) is 5.65 Å². The molecule has 3 aromatic rings. The van der Waals surface area contributed by atoms with Crippen LogP contribution in [0.15, 0.2) is 22.7 Å². The third kappa shape index (κ3) is 3.66. The normalized spacial score (nSPS) is 17.8. The van der Waals surface area contributed by atoms with Crippen LogP contribution >= 0.6 is 0 Å². The minimum Gasteiger partial charge on any atom is -0.351 e. The van der Waals surface area contributed by atoms with E-state index in [0.29, 0.717) is 24.4 Å². The lowest BCUT2D eigenvalue weighted by Gasteiger charge is -2.33. The molecule has 4 heterocycles. The second kappa shape index (κ2) is 7.41. The number of carbonyl (C=O) groups excluding carboxylic acids is 1. The minimum atomic E-state index is -4.57. The highest BCUT2D eigenvalue weighted by atomic mass is 19.4. The summed E-state index contributed by atoms with van der Waals surface area (Å²) in [6.07, 6.45) is -2.33. The van der Waals surface area contributed by atoms with Crippen molar-refractivity contribution in [2.45, 2.75) is 58.2 Å². The van der Waals surface area contributed by atoms with E-state index in [9.17, 15) is 18.0 Å². The van der Waals surface area contributed by atoms with E-state index in [2.05, 4.69) is 15.2 Å². The number of fused-ring (bicyclic) bond motifs is 1. The summed E-state index contributed by atoms with van der Waals surface area (Å²) in [6.45, 7) is 5.86. The fourth-order valence-electron chi connectivity index (χ4n) is 3.77. The molecule has 3 aromatic heterocycles. The Morgan fingerprint density at radius 1 is 1.23 bits per heavy atom. The molecule has 0 bridgehead atoms. The molecule has 7 nitrogen and oxygen atoms in total. The Morgan fingerprint density at radius 3 is 2.67 bits per heavy atom. The van der Waals surface area contributed by atoms with Gasteiger partial charge < -0.3 is 9.42 Å². The minimum absolute atomic E-state index is 0.108. The van der Waals surface area contributed by atoms with Crippen LogP contribution in [0.4, 0.5) is 13.2 Å². The number of piperidine rings is 1. The predicted octanol–water partition coefficient (Wildman–Crippen LogP) is 4.54. The standard InChI is InChI=1S/C20H22F3N5O2/c1-11(2)13-9-16(30-26-13)19(29)27-7-5-4-6-15(27)14-10-18-24-12(3)8-17(20(21,22)23)28(18)25-14/h8-11,15H,4-7H2,1-3H3/t15-/m1/s1. The van der Waals surface area contributed by atoms with Crippen LogP contribution in [0.1, 0.15) is 78.4 Å². The fourth-order valence-corrected chi connectivity index (χ4v) is 3.77. The molecule has 160 valence electrons. The first-order valence-corrected chi connectivity index (χ1v) is 9.87. The van der Waals surface area contributed by atoms with Crippen molar-refractivity contribution >= 4 is 11.6 Å². The maximum atomic E-state index is 13.5. The van der Waals surface area contributed by atoms with Gasteiger partial charge in [0.1, 0.15) is 5.69 Å². The maximum absolute atomic E-state index is 13.5. The number of rotatable bonds is 3.